The van der Waals surface area contributed by atoms with Crippen LogP contribution in [0.1, 0.15) is 31.2 Å². The third-order valence-electron chi connectivity index (χ3n) is 3.07. The molecule has 0 fully saturated rings. The van der Waals surface area contributed by atoms with Crippen molar-refractivity contribution in [2.75, 3.05) is 20.1 Å². The molecule has 2 rings (SSSR count). The van der Waals surface area contributed by atoms with Gasteiger partial charge in [-0.25, -0.2) is 4.98 Å². The number of aromatic nitrogens is 2. The lowest BCUT2D eigenvalue weighted by Gasteiger charge is -2.15. The van der Waals surface area contributed by atoms with Crippen molar-refractivity contribution in [3.05, 3.63) is 29.6 Å². The second kappa shape index (κ2) is 5.50. The number of nitrogens with zero attached hydrogens (tertiary/aromatic N) is 2. The van der Waals surface area contributed by atoms with Crippen LogP contribution in [0.5, 0.6) is 0 Å². The topological polar surface area (TPSA) is 57.9 Å². The number of likely N-dealkylation sites (N-methyl/N-ethyl adjacent to an activating group) is 1. The van der Waals surface area contributed by atoms with Gasteiger partial charge in [-0.3, -0.25) is 0 Å². The zero-order chi connectivity index (χ0) is 13.1. The van der Waals surface area contributed by atoms with E-state index in [4.69, 9.17) is 5.73 Å². The highest BCUT2D eigenvalue weighted by Gasteiger charge is 2.07. The first-order valence-electron chi connectivity index (χ1n) is 6.47. The Morgan fingerprint density at radius 2 is 2.17 bits per heavy atom. The lowest BCUT2D eigenvalue weighted by molar-refractivity contribution is 0.336. The molecule has 2 aromatic rings. The Balaban J connectivity index is 2.21. The van der Waals surface area contributed by atoms with Gasteiger partial charge < -0.3 is 15.6 Å². The van der Waals surface area contributed by atoms with E-state index in [9.17, 15) is 0 Å². The molecule has 0 amide bonds. The molecule has 0 aliphatic carbocycles. The maximum Gasteiger partial charge on any atom is 0.109 e. The molecule has 1 heterocycles. The summed E-state index contributed by atoms with van der Waals surface area (Å²) in [5, 5.41) is 0. The van der Waals surface area contributed by atoms with Gasteiger partial charge in [-0.2, -0.15) is 0 Å². The van der Waals surface area contributed by atoms with Crippen molar-refractivity contribution in [1.29, 1.82) is 0 Å². The summed E-state index contributed by atoms with van der Waals surface area (Å²) in [6.45, 7) is 6.82. The van der Waals surface area contributed by atoms with Crippen LogP contribution in [-0.2, 0) is 6.54 Å². The third kappa shape index (κ3) is 2.89. The molecule has 0 aliphatic rings. The number of aromatic amines is 1. The van der Waals surface area contributed by atoms with E-state index in [-0.39, 0.29) is 0 Å². The number of nitrogens with one attached hydrogen (secondary N) is 1. The molecule has 1 aromatic carbocycles. The van der Waals surface area contributed by atoms with Crippen molar-refractivity contribution in [3.63, 3.8) is 0 Å². The molecule has 0 saturated heterocycles. The first-order valence-corrected chi connectivity index (χ1v) is 6.47. The molecule has 0 bridgehead atoms. The number of nitrogens with two attached hydrogens (primary N) is 1. The summed E-state index contributed by atoms with van der Waals surface area (Å²) < 4.78 is 0. The van der Waals surface area contributed by atoms with Crippen LogP contribution in [-0.4, -0.2) is 35.0 Å². The molecule has 4 nitrogen and oxygen atoms in total. The summed E-state index contributed by atoms with van der Waals surface area (Å²) in [7, 11) is 2.09. The molecule has 0 saturated carbocycles. The minimum Gasteiger partial charge on any atom is -0.342 e. The predicted molar refractivity (Wildman–Crippen MR) is 75.6 cm³/mol. The molecule has 0 radical (unpaired) electrons. The van der Waals surface area contributed by atoms with E-state index >= 15 is 0 Å². The normalized spacial score (nSPS) is 11.9. The van der Waals surface area contributed by atoms with Gasteiger partial charge in [0.05, 0.1) is 11.0 Å². The molecule has 18 heavy (non-hydrogen) atoms. The van der Waals surface area contributed by atoms with Gasteiger partial charge in [0.25, 0.3) is 0 Å². The molecule has 0 atom stereocenters. The Morgan fingerprint density at radius 1 is 1.39 bits per heavy atom. The van der Waals surface area contributed by atoms with Crippen LogP contribution >= 0.6 is 0 Å². The van der Waals surface area contributed by atoms with Gasteiger partial charge in [-0.1, -0.05) is 19.9 Å². The van der Waals surface area contributed by atoms with E-state index < -0.39 is 0 Å². The number of imidazole rings is 1. The zero-order valence-corrected chi connectivity index (χ0v) is 11.4. The summed E-state index contributed by atoms with van der Waals surface area (Å²) in [6, 6.07) is 6.41. The lowest BCUT2D eigenvalue weighted by Crippen LogP contribution is -2.24. The molecular weight excluding hydrogens is 224 g/mol. The van der Waals surface area contributed by atoms with Crippen LogP contribution in [0.3, 0.4) is 0 Å². The van der Waals surface area contributed by atoms with Gasteiger partial charge in [0.15, 0.2) is 0 Å². The highest BCUT2D eigenvalue weighted by molar-refractivity contribution is 5.75. The second-order valence-corrected chi connectivity index (χ2v) is 5.15. The van der Waals surface area contributed by atoms with Crippen molar-refractivity contribution >= 4 is 11.0 Å². The van der Waals surface area contributed by atoms with Crippen LogP contribution in [0.4, 0.5) is 0 Å². The van der Waals surface area contributed by atoms with Gasteiger partial charge in [-0.05, 0) is 24.7 Å². The minimum absolute atomic E-state index is 0.431. The van der Waals surface area contributed by atoms with Crippen molar-refractivity contribution in [1.82, 2.24) is 14.9 Å². The van der Waals surface area contributed by atoms with E-state index in [0.29, 0.717) is 12.5 Å². The van der Waals surface area contributed by atoms with Crippen LogP contribution in [0, 0.1) is 0 Å². The van der Waals surface area contributed by atoms with Gasteiger partial charge in [0.2, 0.25) is 0 Å². The van der Waals surface area contributed by atoms with Crippen molar-refractivity contribution < 1.29 is 0 Å². The van der Waals surface area contributed by atoms with Crippen molar-refractivity contribution in [2.24, 2.45) is 5.73 Å². The number of benzene rings is 1. The molecule has 0 spiro atoms. The molecule has 0 aliphatic heterocycles. The van der Waals surface area contributed by atoms with Crippen LogP contribution in [0.2, 0.25) is 0 Å². The fraction of sp³-hybridized carbons (Fsp3) is 0.500. The van der Waals surface area contributed by atoms with Crippen molar-refractivity contribution in [2.45, 2.75) is 26.3 Å². The van der Waals surface area contributed by atoms with Crippen LogP contribution < -0.4 is 5.73 Å². The summed E-state index contributed by atoms with van der Waals surface area (Å²) >= 11 is 0. The minimum atomic E-state index is 0.431. The van der Waals surface area contributed by atoms with Gasteiger partial charge in [0, 0.05) is 25.6 Å². The average molecular weight is 246 g/mol. The first kappa shape index (κ1) is 13.1. The number of hydrogen-bond donors (Lipinski definition) is 2. The van der Waals surface area contributed by atoms with E-state index in [1.165, 1.54) is 5.56 Å². The van der Waals surface area contributed by atoms with Gasteiger partial charge in [0.1, 0.15) is 5.82 Å². The average Bonchev–Trinajstić information content (AvgIpc) is 2.72. The van der Waals surface area contributed by atoms with E-state index in [2.05, 4.69) is 54.0 Å². The Morgan fingerprint density at radius 3 is 2.83 bits per heavy atom. The quantitative estimate of drug-likeness (QED) is 0.849. The molecule has 98 valence electrons. The maximum absolute atomic E-state index is 5.55. The summed E-state index contributed by atoms with van der Waals surface area (Å²) in [5.41, 5.74) is 9.01. The fourth-order valence-corrected chi connectivity index (χ4v) is 2.06. The molecule has 4 heteroatoms. The third-order valence-corrected chi connectivity index (χ3v) is 3.07. The Labute approximate surface area is 108 Å². The van der Waals surface area contributed by atoms with E-state index in [1.807, 2.05) is 0 Å². The first-order chi connectivity index (χ1) is 8.60. The molecular formula is C14H22N4. The number of hydrogen-bond acceptors (Lipinski definition) is 3. The highest BCUT2D eigenvalue weighted by Crippen LogP contribution is 2.18. The Kier molecular flexibility index (Phi) is 3.99. The van der Waals surface area contributed by atoms with Gasteiger partial charge in [-0.15, -0.1) is 0 Å². The predicted octanol–water partition coefficient (Wildman–Crippen LogP) is 2.08. The largest absolute Gasteiger partial charge is 0.342 e. The Bertz CT molecular complexity index is 515. The van der Waals surface area contributed by atoms with E-state index in [1.54, 1.807) is 0 Å². The smallest absolute Gasteiger partial charge is 0.109 e. The van der Waals surface area contributed by atoms with Crippen molar-refractivity contribution in [3.8, 4) is 0 Å². The summed E-state index contributed by atoms with van der Waals surface area (Å²) in [5.74, 6) is 1.48. The monoisotopic (exact) mass is 246 g/mol. The van der Waals surface area contributed by atoms with Crippen LogP contribution in [0.25, 0.3) is 11.0 Å². The number of H-pyrrole nitrogens is 1. The number of fused-ring (bicyclic) bond motifs is 1. The highest BCUT2D eigenvalue weighted by atomic mass is 15.1. The van der Waals surface area contributed by atoms with E-state index in [0.717, 1.165) is 29.9 Å². The molecule has 1 aromatic heterocycles. The zero-order valence-electron chi connectivity index (χ0n) is 11.4. The summed E-state index contributed by atoms with van der Waals surface area (Å²) in [4.78, 5) is 10.2. The molecule has 3 N–H and O–H groups in total. The molecule has 0 unspecified atom stereocenters. The maximum atomic E-state index is 5.55. The SMILES string of the molecule is CC(C)c1nc2ccc(CN(C)CCN)cc2[nH]1. The second-order valence-electron chi connectivity index (χ2n) is 5.15. The summed E-state index contributed by atoms with van der Waals surface area (Å²) in [6.07, 6.45) is 0. The lowest BCUT2D eigenvalue weighted by atomic mass is 10.2. The Hall–Kier alpha value is -1.39. The van der Waals surface area contributed by atoms with Gasteiger partial charge >= 0.3 is 0 Å². The van der Waals surface area contributed by atoms with Crippen LogP contribution in [0.15, 0.2) is 18.2 Å². The fourth-order valence-electron chi connectivity index (χ4n) is 2.06. The number of rotatable bonds is 5. The standard InChI is InChI=1S/C14H22N4/c1-10(2)14-16-12-5-4-11(8-13(12)17-14)9-18(3)7-6-15/h4-5,8,10H,6-7,9,15H2,1-3H3,(H,16,17).